The van der Waals surface area contributed by atoms with Crippen LogP contribution in [0.2, 0.25) is 5.15 Å². The lowest BCUT2D eigenvalue weighted by molar-refractivity contribution is 0.295. The van der Waals surface area contributed by atoms with Gasteiger partial charge in [0, 0.05) is 17.7 Å². The van der Waals surface area contributed by atoms with Gasteiger partial charge in [0.05, 0.1) is 25.0 Å². The quantitative estimate of drug-likeness (QED) is 0.596. The third-order valence-electron chi connectivity index (χ3n) is 2.79. The number of hydrogen-bond acceptors (Lipinski definition) is 6. The standard InChI is InChI=1S/C13H15ClN2O4S/c1-19-11-7-10-9(13(14)16-8-15-10)6-12(11)20-4-3-5-21(2,17)18/h6-8H,3-5H2,1-2H3. The molecule has 0 spiro atoms. The average molecular weight is 331 g/mol. The zero-order valence-electron chi connectivity index (χ0n) is 11.7. The number of ether oxygens (including phenoxy) is 2. The number of halogens is 1. The molecule has 0 saturated carbocycles. The van der Waals surface area contributed by atoms with Crippen molar-refractivity contribution in [3.8, 4) is 11.5 Å². The highest BCUT2D eigenvalue weighted by Gasteiger charge is 2.11. The van der Waals surface area contributed by atoms with Crippen LogP contribution in [-0.2, 0) is 9.84 Å². The number of sulfone groups is 1. The predicted molar refractivity (Wildman–Crippen MR) is 80.9 cm³/mol. The molecule has 0 saturated heterocycles. The van der Waals surface area contributed by atoms with Crippen LogP contribution in [0.25, 0.3) is 10.9 Å². The second-order valence-corrected chi connectivity index (χ2v) is 7.13. The lowest BCUT2D eigenvalue weighted by Gasteiger charge is -2.12. The van der Waals surface area contributed by atoms with E-state index in [0.29, 0.717) is 34.0 Å². The molecule has 8 heteroatoms. The maximum absolute atomic E-state index is 11.1. The van der Waals surface area contributed by atoms with Crippen LogP contribution in [0.1, 0.15) is 6.42 Å². The van der Waals surface area contributed by atoms with E-state index in [1.807, 2.05) is 0 Å². The van der Waals surface area contributed by atoms with E-state index >= 15 is 0 Å². The fourth-order valence-electron chi connectivity index (χ4n) is 1.81. The van der Waals surface area contributed by atoms with Crippen LogP contribution in [0.4, 0.5) is 0 Å². The van der Waals surface area contributed by atoms with Gasteiger partial charge < -0.3 is 9.47 Å². The maximum atomic E-state index is 11.1. The molecule has 6 nitrogen and oxygen atoms in total. The Bertz CT molecular complexity index is 749. The molecule has 2 rings (SSSR count). The zero-order chi connectivity index (χ0) is 15.5. The fourth-order valence-corrected chi connectivity index (χ4v) is 2.65. The fraction of sp³-hybridized carbons (Fsp3) is 0.385. The van der Waals surface area contributed by atoms with Crippen molar-refractivity contribution in [1.82, 2.24) is 9.97 Å². The molecule has 0 aliphatic rings. The minimum Gasteiger partial charge on any atom is -0.493 e. The lowest BCUT2D eigenvalue weighted by atomic mass is 10.2. The highest BCUT2D eigenvalue weighted by molar-refractivity contribution is 7.90. The van der Waals surface area contributed by atoms with Crippen molar-refractivity contribution in [2.24, 2.45) is 0 Å². The van der Waals surface area contributed by atoms with Gasteiger partial charge in [-0.05, 0) is 12.5 Å². The van der Waals surface area contributed by atoms with Crippen molar-refractivity contribution in [2.45, 2.75) is 6.42 Å². The highest BCUT2D eigenvalue weighted by Crippen LogP contribution is 2.33. The molecule has 1 aromatic carbocycles. The van der Waals surface area contributed by atoms with E-state index in [-0.39, 0.29) is 12.4 Å². The molecule has 1 heterocycles. The molecule has 0 aliphatic heterocycles. The van der Waals surface area contributed by atoms with Gasteiger partial charge in [-0.25, -0.2) is 18.4 Å². The molecule has 1 aromatic heterocycles. The zero-order valence-corrected chi connectivity index (χ0v) is 13.2. The number of hydrogen-bond donors (Lipinski definition) is 0. The molecule has 0 fully saturated rings. The molecule has 0 N–H and O–H groups in total. The van der Waals surface area contributed by atoms with E-state index in [4.69, 9.17) is 21.1 Å². The van der Waals surface area contributed by atoms with Crippen LogP contribution >= 0.6 is 11.6 Å². The van der Waals surface area contributed by atoms with E-state index in [2.05, 4.69) is 9.97 Å². The van der Waals surface area contributed by atoms with Gasteiger partial charge in [-0.1, -0.05) is 11.6 Å². The first-order valence-corrected chi connectivity index (χ1v) is 8.63. The van der Waals surface area contributed by atoms with E-state index in [9.17, 15) is 8.42 Å². The molecule has 0 bridgehead atoms. The Labute approximate surface area is 128 Å². The van der Waals surface area contributed by atoms with Crippen molar-refractivity contribution < 1.29 is 17.9 Å². The molecule has 114 valence electrons. The van der Waals surface area contributed by atoms with Gasteiger partial charge >= 0.3 is 0 Å². The van der Waals surface area contributed by atoms with Gasteiger partial charge in [-0.2, -0.15) is 0 Å². The Kier molecular flexibility index (Phi) is 4.84. The summed E-state index contributed by atoms with van der Waals surface area (Å²) in [6, 6.07) is 3.39. The van der Waals surface area contributed by atoms with Crippen molar-refractivity contribution >= 4 is 32.3 Å². The van der Waals surface area contributed by atoms with Crippen LogP contribution in [0.5, 0.6) is 11.5 Å². The smallest absolute Gasteiger partial charge is 0.162 e. The van der Waals surface area contributed by atoms with Gasteiger partial charge in [-0.3, -0.25) is 0 Å². The molecule has 2 aromatic rings. The first kappa shape index (κ1) is 15.8. The van der Waals surface area contributed by atoms with Gasteiger partial charge in [0.15, 0.2) is 11.5 Å². The molecule has 0 unspecified atom stereocenters. The van der Waals surface area contributed by atoms with Crippen molar-refractivity contribution in [3.63, 3.8) is 0 Å². The molecule has 21 heavy (non-hydrogen) atoms. The summed E-state index contributed by atoms with van der Waals surface area (Å²) in [5, 5.41) is 0.974. The van der Waals surface area contributed by atoms with Crippen molar-refractivity contribution in [2.75, 3.05) is 25.7 Å². The molecule has 0 atom stereocenters. The van der Waals surface area contributed by atoms with Crippen LogP contribution in [0.3, 0.4) is 0 Å². The molecular weight excluding hydrogens is 316 g/mol. The minimum absolute atomic E-state index is 0.0762. The van der Waals surface area contributed by atoms with Gasteiger partial charge in [-0.15, -0.1) is 0 Å². The van der Waals surface area contributed by atoms with E-state index in [0.717, 1.165) is 0 Å². The van der Waals surface area contributed by atoms with E-state index in [1.54, 1.807) is 12.1 Å². The van der Waals surface area contributed by atoms with Crippen LogP contribution in [-0.4, -0.2) is 44.1 Å². The summed E-state index contributed by atoms with van der Waals surface area (Å²) in [4.78, 5) is 8.02. The number of fused-ring (bicyclic) bond motifs is 1. The van der Waals surface area contributed by atoms with Crippen LogP contribution in [0, 0.1) is 0 Å². The Balaban J connectivity index is 2.20. The Morgan fingerprint density at radius 3 is 2.67 bits per heavy atom. The number of methoxy groups -OCH3 is 1. The summed E-state index contributed by atoms with van der Waals surface area (Å²) in [7, 11) is -1.47. The minimum atomic E-state index is -2.99. The number of rotatable bonds is 6. The summed E-state index contributed by atoms with van der Waals surface area (Å²) in [6.45, 7) is 0.264. The van der Waals surface area contributed by atoms with E-state index < -0.39 is 9.84 Å². The van der Waals surface area contributed by atoms with Gasteiger partial charge in [0.2, 0.25) is 0 Å². The Morgan fingerprint density at radius 2 is 2.00 bits per heavy atom. The number of aromatic nitrogens is 2. The maximum Gasteiger partial charge on any atom is 0.162 e. The highest BCUT2D eigenvalue weighted by atomic mass is 35.5. The SMILES string of the molecule is COc1cc2ncnc(Cl)c2cc1OCCCS(C)(=O)=O. The summed E-state index contributed by atoms with van der Waals surface area (Å²) < 4.78 is 33.0. The van der Waals surface area contributed by atoms with Crippen LogP contribution < -0.4 is 9.47 Å². The summed E-state index contributed by atoms with van der Waals surface area (Å²) in [6.07, 6.45) is 2.97. The van der Waals surface area contributed by atoms with Crippen molar-refractivity contribution in [1.29, 1.82) is 0 Å². The largest absolute Gasteiger partial charge is 0.493 e. The lowest BCUT2D eigenvalue weighted by Crippen LogP contribution is -2.08. The molecular formula is C13H15ClN2O4S. The second kappa shape index (κ2) is 6.44. The third kappa shape index (κ3) is 4.18. The topological polar surface area (TPSA) is 78.4 Å². The Hall–Kier alpha value is -1.60. The molecule has 0 aliphatic carbocycles. The summed E-state index contributed by atoms with van der Waals surface area (Å²) >= 11 is 6.02. The second-order valence-electron chi connectivity index (χ2n) is 4.52. The summed E-state index contributed by atoms with van der Waals surface area (Å²) in [5.74, 6) is 1.07. The molecule has 0 radical (unpaired) electrons. The predicted octanol–water partition coefficient (Wildman–Crippen LogP) is 2.11. The third-order valence-corrected chi connectivity index (χ3v) is 4.12. The van der Waals surface area contributed by atoms with Crippen molar-refractivity contribution in [3.05, 3.63) is 23.6 Å². The summed E-state index contributed by atoms with van der Waals surface area (Å²) in [5.41, 5.74) is 0.648. The number of nitrogens with zero attached hydrogens (tertiary/aromatic N) is 2. The normalized spacial score (nSPS) is 11.6. The Morgan fingerprint density at radius 1 is 1.24 bits per heavy atom. The number of benzene rings is 1. The van der Waals surface area contributed by atoms with Crippen LogP contribution in [0.15, 0.2) is 18.5 Å². The monoisotopic (exact) mass is 330 g/mol. The average Bonchev–Trinajstić information content (AvgIpc) is 2.42. The first-order chi connectivity index (χ1) is 9.90. The van der Waals surface area contributed by atoms with Gasteiger partial charge in [0.25, 0.3) is 0 Å². The molecule has 0 amide bonds. The first-order valence-electron chi connectivity index (χ1n) is 6.19. The van der Waals surface area contributed by atoms with E-state index in [1.165, 1.54) is 19.7 Å². The van der Waals surface area contributed by atoms with Gasteiger partial charge in [0.1, 0.15) is 21.3 Å².